The van der Waals surface area contributed by atoms with Crippen LogP contribution in [-0.4, -0.2) is 36.2 Å². The van der Waals surface area contributed by atoms with Crippen LogP contribution in [0.3, 0.4) is 0 Å². The Bertz CT molecular complexity index is 1350. The van der Waals surface area contributed by atoms with Gasteiger partial charge in [0.05, 0.1) is 18.1 Å². The third-order valence-corrected chi connectivity index (χ3v) is 5.84. The van der Waals surface area contributed by atoms with Crippen LogP contribution < -0.4 is 10.6 Å². The van der Waals surface area contributed by atoms with Gasteiger partial charge in [0, 0.05) is 23.7 Å². The van der Waals surface area contributed by atoms with Crippen molar-refractivity contribution in [3.63, 3.8) is 0 Å². The number of nitrogens with zero attached hydrogens (tertiary/aromatic N) is 6. The van der Waals surface area contributed by atoms with Gasteiger partial charge in [-0.05, 0) is 38.5 Å². The fraction of sp³-hybridized carbons (Fsp3) is 0.261. The van der Waals surface area contributed by atoms with Gasteiger partial charge >= 0.3 is 0 Å². The number of halogens is 1. The van der Waals surface area contributed by atoms with Gasteiger partial charge in [0.25, 0.3) is 0 Å². The number of nitrogens with two attached hydrogens (primary N) is 1. The normalized spacial score (nSPS) is 15.6. The van der Waals surface area contributed by atoms with Gasteiger partial charge in [-0.2, -0.15) is 5.10 Å². The molecule has 162 valence electrons. The van der Waals surface area contributed by atoms with E-state index in [2.05, 4.69) is 20.1 Å². The van der Waals surface area contributed by atoms with Gasteiger partial charge in [-0.15, -0.1) is 0 Å². The summed E-state index contributed by atoms with van der Waals surface area (Å²) in [5, 5.41) is 5.36. The van der Waals surface area contributed by atoms with Crippen LogP contribution in [0.15, 0.2) is 48.8 Å². The Hall–Kier alpha value is -3.88. The highest BCUT2D eigenvalue weighted by Crippen LogP contribution is 2.37. The Morgan fingerprint density at radius 2 is 1.97 bits per heavy atom. The minimum absolute atomic E-state index is 0.00173. The molecular formula is C23H22FN7O. The second-order valence-electron chi connectivity index (χ2n) is 8.48. The van der Waals surface area contributed by atoms with Crippen molar-refractivity contribution in [2.24, 2.45) is 0 Å². The smallest absolute Gasteiger partial charge is 0.227 e. The van der Waals surface area contributed by atoms with Crippen LogP contribution in [0, 0.1) is 5.82 Å². The number of benzene rings is 1. The summed E-state index contributed by atoms with van der Waals surface area (Å²) in [6, 6.07) is 10.2. The third kappa shape index (κ3) is 3.26. The first-order chi connectivity index (χ1) is 15.3. The average molecular weight is 431 g/mol. The second-order valence-corrected chi connectivity index (χ2v) is 8.48. The molecule has 5 rings (SSSR count). The Balaban J connectivity index is 1.58. The predicted octanol–water partition coefficient (Wildman–Crippen LogP) is 3.56. The van der Waals surface area contributed by atoms with E-state index in [4.69, 9.17) is 5.73 Å². The third-order valence-electron chi connectivity index (χ3n) is 5.84. The number of anilines is 2. The van der Waals surface area contributed by atoms with Gasteiger partial charge in [0.2, 0.25) is 5.91 Å². The van der Waals surface area contributed by atoms with E-state index in [1.54, 1.807) is 46.2 Å². The Labute approximate surface area is 183 Å². The highest BCUT2D eigenvalue weighted by atomic mass is 19.1. The molecule has 0 unspecified atom stereocenters. The molecule has 0 atom stereocenters. The van der Waals surface area contributed by atoms with E-state index in [0.717, 1.165) is 11.8 Å². The molecule has 0 saturated carbocycles. The van der Waals surface area contributed by atoms with Gasteiger partial charge in [-0.1, -0.05) is 18.2 Å². The SMILES string of the molecule is CC1(C)CCC(=O)N1c1cnc(-c2nn(Cc3ccccc3F)c3ncccc23)nc1N. The van der Waals surface area contributed by atoms with Gasteiger partial charge in [0.15, 0.2) is 17.3 Å². The molecule has 1 aliphatic rings. The van der Waals surface area contributed by atoms with Crippen LogP contribution in [0.2, 0.25) is 0 Å². The highest BCUT2D eigenvalue weighted by Gasteiger charge is 2.40. The summed E-state index contributed by atoms with van der Waals surface area (Å²) in [5.74, 6) is 0.221. The lowest BCUT2D eigenvalue weighted by Crippen LogP contribution is -2.41. The monoisotopic (exact) mass is 431 g/mol. The van der Waals surface area contributed by atoms with Crippen LogP contribution >= 0.6 is 0 Å². The zero-order valence-corrected chi connectivity index (χ0v) is 17.8. The maximum Gasteiger partial charge on any atom is 0.227 e. The van der Waals surface area contributed by atoms with Crippen molar-refractivity contribution < 1.29 is 9.18 Å². The van der Waals surface area contributed by atoms with E-state index in [-0.39, 0.29) is 29.6 Å². The van der Waals surface area contributed by atoms with Gasteiger partial charge < -0.3 is 10.6 Å². The molecule has 4 heterocycles. The number of hydrogen-bond donors (Lipinski definition) is 1. The Morgan fingerprint density at radius 3 is 2.69 bits per heavy atom. The Kier molecular flexibility index (Phi) is 4.61. The molecule has 3 aromatic heterocycles. The van der Waals surface area contributed by atoms with E-state index >= 15 is 0 Å². The molecule has 0 spiro atoms. The van der Waals surface area contributed by atoms with Crippen LogP contribution in [0.4, 0.5) is 15.9 Å². The topological polar surface area (TPSA) is 103 Å². The maximum atomic E-state index is 14.2. The van der Waals surface area contributed by atoms with E-state index in [1.165, 1.54) is 6.07 Å². The zero-order valence-electron chi connectivity index (χ0n) is 17.8. The van der Waals surface area contributed by atoms with Gasteiger partial charge in [-0.3, -0.25) is 4.79 Å². The molecule has 8 nitrogen and oxygen atoms in total. The lowest BCUT2D eigenvalue weighted by Gasteiger charge is -2.31. The van der Waals surface area contributed by atoms with Crippen molar-refractivity contribution in [3.05, 3.63) is 60.2 Å². The van der Waals surface area contributed by atoms with Gasteiger partial charge in [-0.25, -0.2) is 24.0 Å². The number of hydrogen-bond acceptors (Lipinski definition) is 6. The number of fused-ring (bicyclic) bond motifs is 1. The largest absolute Gasteiger partial charge is 0.382 e. The molecule has 9 heteroatoms. The van der Waals surface area contributed by atoms with Crippen LogP contribution in [0.1, 0.15) is 32.3 Å². The van der Waals surface area contributed by atoms with Crippen molar-refractivity contribution in [2.75, 3.05) is 10.6 Å². The summed E-state index contributed by atoms with van der Waals surface area (Å²) in [4.78, 5) is 27.5. The lowest BCUT2D eigenvalue weighted by atomic mass is 10.0. The molecule has 32 heavy (non-hydrogen) atoms. The van der Waals surface area contributed by atoms with Crippen LogP contribution in [0.5, 0.6) is 0 Å². The molecule has 0 bridgehead atoms. The second kappa shape index (κ2) is 7.37. The summed E-state index contributed by atoms with van der Waals surface area (Å²) in [7, 11) is 0. The molecule has 1 fully saturated rings. The first-order valence-corrected chi connectivity index (χ1v) is 10.4. The number of aromatic nitrogens is 5. The number of carbonyl (C=O) groups excluding carboxylic acids is 1. The van der Waals surface area contributed by atoms with Crippen molar-refractivity contribution >= 4 is 28.4 Å². The number of amides is 1. The number of pyridine rings is 1. The van der Waals surface area contributed by atoms with Crippen molar-refractivity contribution in [1.82, 2.24) is 24.7 Å². The zero-order chi connectivity index (χ0) is 22.5. The van der Waals surface area contributed by atoms with Crippen molar-refractivity contribution in [1.29, 1.82) is 0 Å². The fourth-order valence-electron chi connectivity index (χ4n) is 4.18. The van der Waals surface area contributed by atoms with E-state index in [1.807, 2.05) is 19.9 Å². The summed E-state index contributed by atoms with van der Waals surface area (Å²) in [5.41, 5.74) is 8.00. The molecule has 0 aliphatic carbocycles. The Morgan fingerprint density at radius 1 is 1.16 bits per heavy atom. The standard InChI is InChI=1S/C23H22FN7O/c1-23(2)10-9-18(32)31(23)17-12-27-21(28-20(17)25)19-15-7-5-11-26-22(15)30(29-19)13-14-6-3-4-8-16(14)24/h3-8,11-12H,9-10,13H2,1-2H3,(H2,25,27,28). The van der Waals surface area contributed by atoms with E-state index in [0.29, 0.717) is 34.8 Å². The lowest BCUT2D eigenvalue weighted by molar-refractivity contribution is -0.117. The number of carbonyl (C=O) groups is 1. The quantitative estimate of drug-likeness (QED) is 0.530. The summed E-state index contributed by atoms with van der Waals surface area (Å²) >= 11 is 0. The molecule has 1 aromatic carbocycles. The van der Waals surface area contributed by atoms with E-state index < -0.39 is 0 Å². The first-order valence-electron chi connectivity index (χ1n) is 10.4. The molecule has 1 amide bonds. The summed E-state index contributed by atoms with van der Waals surface area (Å²) in [6.45, 7) is 4.20. The van der Waals surface area contributed by atoms with Crippen molar-refractivity contribution in [2.45, 2.75) is 38.8 Å². The summed E-state index contributed by atoms with van der Waals surface area (Å²) in [6.07, 6.45) is 4.43. The number of nitrogen functional groups attached to an aromatic ring is 1. The first kappa shape index (κ1) is 20.0. The molecule has 2 N–H and O–H groups in total. The fourth-order valence-corrected chi connectivity index (χ4v) is 4.18. The molecule has 4 aromatic rings. The number of rotatable bonds is 4. The molecule has 0 radical (unpaired) electrons. The predicted molar refractivity (Wildman–Crippen MR) is 119 cm³/mol. The molecule has 1 aliphatic heterocycles. The molecular weight excluding hydrogens is 409 g/mol. The van der Waals surface area contributed by atoms with Crippen molar-refractivity contribution in [3.8, 4) is 11.5 Å². The average Bonchev–Trinajstić information content (AvgIpc) is 3.27. The van der Waals surface area contributed by atoms with E-state index in [9.17, 15) is 9.18 Å². The van der Waals surface area contributed by atoms with Crippen LogP contribution in [0.25, 0.3) is 22.6 Å². The highest BCUT2D eigenvalue weighted by molar-refractivity contribution is 5.99. The maximum absolute atomic E-state index is 14.2. The summed E-state index contributed by atoms with van der Waals surface area (Å²) < 4.78 is 15.8. The minimum Gasteiger partial charge on any atom is -0.382 e. The van der Waals surface area contributed by atoms with Crippen LogP contribution in [-0.2, 0) is 11.3 Å². The van der Waals surface area contributed by atoms with Gasteiger partial charge in [0.1, 0.15) is 17.2 Å². The minimum atomic E-state index is -0.353. The molecule has 1 saturated heterocycles.